The molecule has 22 heavy (non-hydrogen) atoms. The summed E-state index contributed by atoms with van der Waals surface area (Å²) in [4.78, 5) is 12.0. The minimum Gasteiger partial charge on any atom is -0.495 e. The van der Waals surface area contributed by atoms with Crippen LogP contribution in [0.5, 0.6) is 11.5 Å². The first kappa shape index (κ1) is 18.9. The van der Waals surface area contributed by atoms with Crippen molar-refractivity contribution < 1.29 is 14.3 Å². The number of hydrogen-bond acceptors (Lipinski definition) is 4. The Labute approximate surface area is 142 Å². The summed E-state index contributed by atoms with van der Waals surface area (Å²) < 4.78 is 10.4. The Morgan fingerprint density at radius 1 is 1.36 bits per heavy atom. The minimum atomic E-state index is -0.0387. The van der Waals surface area contributed by atoms with E-state index in [1.54, 1.807) is 19.2 Å². The number of ether oxygens (including phenoxy) is 2. The van der Waals surface area contributed by atoms with Gasteiger partial charge in [0.15, 0.2) is 0 Å². The van der Waals surface area contributed by atoms with Gasteiger partial charge in [0.05, 0.1) is 24.9 Å². The molecule has 1 heterocycles. The van der Waals surface area contributed by atoms with Gasteiger partial charge in [-0.05, 0) is 31.9 Å². The van der Waals surface area contributed by atoms with Crippen LogP contribution in [0.15, 0.2) is 12.1 Å². The molecule has 1 aliphatic rings. The van der Waals surface area contributed by atoms with E-state index >= 15 is 0 Å². The number of methoxy groups -OCH3 is 2. The monoisotopic (exact) mass is 348 g/mol. The number of anilines is 1. The van der Waals surface area contributed by atoms with Crippen LogP contribution in [0.25, 0.3) is 0 Å². The molecule has 1 aromatic rings. The summed E-state index contributed by atoms with van der Waals surface area (Å²) in [5, 5.41) is 6.66. The predicted molar refractivity (Wildman–Crippen MR) is 90.7 cm³/mol. The van der Waals surface area contributed by atoms with Crippen molar-refractivity contribution in [1.82, 2.24) is 5.32 Å². The largest absolute Gasteiger partial charge is 0.495 e. The van der Waals surface area contributed by atoms with E-state index in [1.807, 2.05) is 0 Å². The third-order valence-electron chi connectivity index (χ3n) is 3.63. The molecule has 7 heteroatoms. The third-order valence-corrected chi connectivity index (χ3v) is 3.93. The van der Waals surface area contributed by atoms with Crippen LogP contribution in [0.4, 0.5) is 5.69 Å². The number of carbonyl (C=O) groups is 1. The number of amides is 1. The van der Waals surface area contributed by atoms with Crippen molar-refractivity contribution in [2.24, 2.45) is 0 Å². The molecule has 1 fully saturated rings. The quantitative estimate of drug-likeness (QED) is 0.828. The van der Waals surface area contributed by atoms with Gasteiger partial charge in [-0.3, -0.25) is 4.79 Å². The SMILES string of the molecule is COc1cc(OC)c(NC(=O)CCC2CCCN2)cc1Cl.Cl. The molecule has 1 atom stereocenters. The smallest absolute Gasteiger partial charge is 0.224 e. The zero-order valence-corrected chi connectivity index (χ0v) is 14.4. The standard InChI is InChI=1S/C15H21ClN2O3.ClH/c1-20-13-9-14(21-2)12(8-11(13)16)18-15(19)6-5-10-4-3-7-17-10;/h8-10,17H,3-7H2,1-2H3,(H,18,19);1H. The third kappa shape index (κ3) is 4.93. The van der Waals surface area contributed by atoms with Crippen molar-refractivity contribution in [3.05, 3.63) is 17.2 Å². The second-order valence-corrected chi connectivity index (χ2v) is 5.47. The van der Waals surface area contributed by atoms with Crippen molar-refractivity contribution in [2.45, 2.75) is 31.7 Å². The van der Waals surface area contributed by atoms with Crippen molar-refractivity contribution in [2.75, 3.05) is 26.1 Å². The highest BCUT2D eigenvalue weighted by molar-refractivity contribution is 6.32. The van der Waals surface area contributed by atoms with E-state index in [2.05, 4.69) is 10.6 Å². The molecule has 0 bridgehead atoms. The van der Waals surface area contributed by atoms with Crippen LogP contribution in [0.2, 0.25) is 5.02 Å². The molecule has 1 aliphatic heterocycles. The molecule has 2 rings (SSSR count). The molecule has 0 aromatic heterocycles. The lowest BCUT2D eigenvalue weighted by atomic mass is 10.1. The van der Waals surface area contributed by atoms with E-state index in [4.69, 9.17) is 21.1 Å². The molecule has 0 aliphatic carbocycles. The van der Waals surface area contributed by atoms with Crippen molar-refractivity contribution in [1.29, 1.82) is 0 Å². The maximum absolute atomic E-state index is 12.0. The first-order valence-electron chi connectivity index (χ1n) is 7.08. The number of carbonyl (C=O) groups excluding carboxylic acids is 1. The second kappa shape index (κ2) is 9.08. The molecular weight excluding hydrogens is 327 g/mol. The summed E-state index contributed by atoms with van der Waals surface area (Å²) in [7, 11) is 3.08. The Morgan fingerprint density at radius 2 is 2.09 bits per heavy atom. The van der Waals surface area contributed by atoms with Crippen molar-refractivity contribution >= 4 is 35.6 Å². The molecular formula is C15H22Cl2N2O3. The Bertz CT molecular complexity index is 506. The van der Waals surface area contributed by atoms with E-state index in [9.17, 15) is 4.79 Å². The highest BCUT2D eigenvalue weighted by Crippen LogP contribution is 2.35. The lowest BCUT2D eigenvalue weighted by Gasteiger charge is -2.14. The molecule has 0 saturated carbocycles. The van der Waals surface area contributed by atoms with Crippen molar-refractivity contribution in [3.8, 4) is 11.5 Å². The normalized spacial score (nSPS) is 16.8. The highest BCUT2D eigenvalue weighted by Gasteiger charge is 2.17. The average molecular weight is 349 g/mol. The van der Waals surface area contributed by atoms with Crippen LogP contribution in [0, 0.1) is 0 Å². The van der Waals surface area contributed by atoms with Crippen LogP contribution in [0.1, 0.15) is 25.7 Å². The van der Waals surface area contributed by atoms with Crippen molar-refractivity contribution in [3.63, 3.8) is 0 Å². The number of halogens is 2. The maximum atomic E-state index is 12.0. The summed E-state index contributed by atoms with van der Waals surface area (Å²) in [5.41, 5.74) is 0.563. The summed E-state index contributed by atoms with van der Waals surface area (Å²) in [6.07, 6.45) is 3.65. The Kier molecular flexibility index (Phi) is 7.79. The number of nitrogens with one attached hydrogen (secondary N) is 2. The van der Waals surface area contributed by atoms with E-state index < -0.39 is 0 Å². The van der Waals surface area contributed by atoms with Crippen LogP contribution in [-0.2, 0) is 4.79 Å². The van der Waals surface area contributed by atoms with Crippen LogP contribution < -0.4 is 20.1 Å². The average Bonchev–Trinajstić information content (AvgIpc) is 2.99. The van der Waals surface area contributed by atoms with Gasteiger partial charge in [-0.2, -0.15) is 0 Å². The zero-order chi connectivity index (χ0) is 15.2. The zero-order valence-electron chi connectivity index (χ0n) is 12.8. The molecule has 1 unspecified atom stereocenters. The van der Waals surface area contributed by atoms with Gasteiger partial charge >= 0.3 is 0 Å². The first-order valence-corrected chi connectivity index (χ1v) is 7.46. The van der Waals surface area contributed by atoms with E-state index in [0.29, 0.717) is 34.7 Å². The fraction of sp³-hybridized carbons (Fsp3) is 0.533. The maximum Gasteiger partial charge on any atom is 0.224 e. The fourth-order valence-corrected chi connectivity index (χ4v) is 2.72. The van der Waals surface area contributed by atoms with Gasteiger partial charge in [0.25, 0.3) is 0 Å². The van der Waals surface area contributed by atoms with E-state index in [-0.39, 0.29) is 18.3 Å². The van der Waals surface area contributed by atoms with Gasteiger partial charge in [0, 0.05) is 18.5 Å². The molecule has 1 aromatic carbocycles. The number of rotatable bonds is 6. The van der Waals surface area contributed by atoms with E-state index in [0.717, 1.165) is 19.4 Å². The number of hydrogen-bond donors (Lipinski definition) is 2. The minimum absolute atomic E-state index is 0. The van der Waals surface area contributed by atoms with Crippen LogP contribution in [-0.4, -0.2) is 32.7 Å². The summed E-state index contributed by atoms with van der Waals surface area (Å²) in [6.45, 7) is 1.05. The van der Waals surface area contributed by atoms with E-state index in [1.165, 1.54) is 13.5 Å². The molecule has 5 nitrogen and oxygen atoms in total. The Morgan fingerprint density at radius 3 is 2.68 bits per heavy atom. The summed E-state index contributed by atoms with van der Waals surface area (Å²) in [5.74, 6) is 1.01. The molecule has 124 valence electrons. The molecule has 2 N–H and O–H groups in total. The molecule has 1 amide bonds. The highest BCUT2D eigenvalue weighted by atomic mass is 35.5. The topological polar surface area (TPSA) is 59.6 Å². The van der Waals surface area contributed by atoms with Gasteiger partial charge < -0.3 is 20.1 Å². The lowest BCUT2D eigenvalue weighted by Crippen LogP contribution is -2.23. The van der Waals surface area contributed by atoms with Gasteiger partial charge in [-0.1, -0.05) is 11.6 Å². The molecule has 0 spiro atoms. The van der Waals surface area contributed by atoms with Gasteiger partial charge in [0.1, 0.15) is 11.5 Å². The van der Waals surface area contributed by atoms with Gasteiger partial charge in [0.2, 0.25) is 5.91 Å². The second-order valence-electron chi connectivity index (χ2n) is 5.07. The Balaban J connectivity index is 0.00000242. The molecule has 0 radical (unpaired) electrons. The predicted octanol–water partition coefficient (Wildman–Crippen LogP) is 3.25. The summed E-state index contributed by atoms with van der Waals surface area (Å²) in [6, 6.07) is 3.76. The van der Waals surface area contributed by atoms with Crippen LogP contribution in [0.3, 0.4) is 0 Å². The first-order chi connectivity index (χ1) is 10.1. The Hall–Kier alpha value is -1.17. The molecule has 1 saturated heterocycles. The number of benzene rings is 1. The summed E-state index contributed by atoms with van der Waals surface area (Å²) >= 11 is 6.08. The van der Waals surface area contributed by atoms with Gasteiger partial charge in [-0.15, -0.1) is 12.4 Å². The van der Waals surface area contributed by atoms with Gasteiger partial charge in [-0.25, -0.2) is 0 Å². The lowest BCUT2D eigenvalue weighted by molar-refractivity contribution is -0.116. The fourth-order valence-electron chi connectivity index (χ4n) is 2.48. The van der Waals surface area contributed by atoms with Crippen LogP contribution >= 0.6 is 24.0 Å².